The predicted molar refractivity (Wildman–Crippen MR) is 109 cm³/mol. The Balaban J connectivity index is 1.49. The third-order valence-electron chi connectivity index (χ3n) is 8.65. The van der Waals surface area contributed by atoms with E-state index in [0.29, 0.717) is 35.7 Å². The molecule has 5 atom stereocenters. The molecule has 1 aromatic heterocycles. The van der Waals surface area contributed by atoms with Gasteiger partial charge in [0.05, 0.1) is 0 Å². The van der Waals surface area contributed by atoms with Crippen molar-refractivity contribution in [1.82, 2.24) is 4.98 Å². The fraction of sp³-hybridized carbons (Fsp3) is 0.560. The van der Waals surface area contributed by atoms with Crippen molar-refractivity contribution in [3.63, 3.8) is 0 Å². The highest BCUT2D eigenvalue weighted by Crippen LogP contribution is 2.65. The van der Waals surface area contributed by atoms with Crippen LogP contribution >= 0.6 is 0 Å². The average molecular weight is 376 g/mol. The minimum absolute atomic E-state index is 0.165. The molecule has 0 radical (unpaired) electrons. The first-order valence-corrected chi connectivity index (χ1v) is 10.8. The van der Waals surface area contributed by atoms with Crippen LogP contribution in [0.1, 0.15) is 64.4 Å². The van der Waals surface area contributed by atoms with Gasteiger partial charge < -0.3 is 0 Å². The van der Waals surface area contributed by atoms with Crippen molar-refractivity contribution in [3.05, 3.63) is 47.3 Å². The van der Waals surface area contributed by atoms with Crippen molar-refractivity contribution >= 4 is 17.6 Å². The van der Waals surface area contributed by atoms with E-state index in [0.717, 1.165) is 49.7 Å². The lowest BCUT2D eigenvalue weighted by Crippen LogP contribution is -2.50. The molecule has 1 heterocycles. The first kappa shape index (κ1) is 18.0. The molecule has 0 aliphatic heterocycles. The Morgan fingerprint density at radius 3 is 2.57 bits per heavy atom. The molecular weight excluding hydrogens is 346 g/mol. The van der Waals surface area contributed by atoms with Crippen LogP contribution in [0.4, 0.5) is 0 Å². The molecule has 0 aromatic carbocycles. The van der Waals surface area contributed by atoms with Crippen LogP contribution in [-0.4, -0.2) is 16.6 Å². The monoisotopic (exact) mass is 375 g/mol. The Bertz CT molecular complexity index is 898. The molecule has 5 rings (SSSR count). The molecule has 28 heavy (non-hydrogen) atoms. The van der Waals surface area contributed by atoms with Crippen LogP contribution < -0.4 is 0 Å². The lowest BCUT2D eigenvalue weighted by atomic mass is 9.47. The highest BCUT2D eigenvalue weighted by atomic mass is 16.1. The highest BCUT2D eigenvalue weighted by Gasteiger charge is 2.60. The van der Waals surface area contributed by atoms with Crippen LogP contribution in [0.3, 0.4) is 0 Å². The zero-order chi connectivity index (χ0) is 19.5. The zero-order valence-electron chi connectivity index (χ0n) is 16.9. The number of Topliss-reactive ketones (excluding diaryl/α,β-unsaturated/α-hetero) is 1. The largest absolute Gasteiger partial charge is 0.295 e. The Labute approximate surface area is 167 Å². The van der Waals surface area contributed by atoms with Gasteiger partial charge in [-0.15, -0.1) is 0 Å². The number of hydrogen-bond donors (Lipinski definition) is 0. The summed E-state index contributed by atoms with van der Waals surface area (Å²) in [7, 11) is 0. The van der Waals surface area contributed by atoms with E-state index in [2.05, 4.69) is 24.9 Å². The Morgan fingerprint density at radius 2 is 1.79 bits per heavy atom. The van der Waals surface area contributed by atoms with Crippen molar-refractivity contribution in [2.45, 2.75) is 58.8 Å². The van der Waals surface area contributed by atoms with E-state index in [-0.39, 0.29) is 10.8 Å². The number of nitrogens with zero attached hydrogens (tertiary/aromatic N) is 1. The first-order valence-electron chi connectivity index (χ1n) is 10.8. The molecule has 0 bridgehead atoms. The molecule has 1 aromatic rings. The van der Waals surface area contributed by atoms with Crippen molar-refractivity contribution in [2.24, 2.45) is 28.6 Å². The quantitative estimate of drug-likeness (QED) is 0.636. The molecule has 3 fully saturated rings. The number of carbonyl (C=O) groups excluding carboxylic acids is 2. The van der Waals surface area contributed by atoms with Crippen LogP contribution in [0.15, 0.2) is 41.7 Å². The fourth-order valence-corrected chi connectivity index (χ4v) is 7.02. The molecule has 4 aliphatic rings. The summed E-state index contributed by atoms with van der Waals surface area (Å²) >= 11 is 0. The Kier molecular flexibility index (Phi) is 4.01. The summed E-state index contributed by atoms with van der Waals surface area (Å²) in [6, 6.07) is 3.95. The fourth-order valence-electron chi connectivity index (χ4n) is 7.02. The second-order valence-corrected chi connectivity index (χ2v) is 9.91. The molecule has 4 aliphatic carbocycles. The van der Waals surface area contributed by atoms with Gasteiger partial charge in [-0.3, -0.25) is 14.6 Å². The normalized spacial score (nSPS) is 41.3. The molecule has 3 heteroatoms. The van der Waals surface area contributed by atoms with Gasteiger partial charge in [-0.2, -0.15) is 0 Å². The molecule has 0 spiro atoms. The number of pyridine rings is 1. The molecule has 0 unspecified atom stereocenters. The standard InChI is InChI=1S/C25H29NO2/c1-24-9-5-19(27)15-18(24)3-4-20-21(24)6-10-25(2)22(20)14-17(23(25)28)13-16-7-11-26-12-8-16/h7-8,11-13,15,20-22H,3-6,9-10,14H2,1-2H3/t20-,21+,22+,24+,25+/m1/s1. The van der Waals surface area contributed by atoms with E-state index in [9.17, 15) is 9.59 Å². The number of allylic oxidation sites excluding steroid dienone is 2. The van der Waals surface area contributed by atoms with E-state index < -0.39 is 0 Å². The van der Waals surface area contributed by atoms with Crippen LogP contribution in [0.5, 0.6) is 0 Å². The van der Waals surface area contributed by atoms with E-state index in [4.69, 9.17) is 0 Å². The van der Waals surface area contributed by atoms with Crippen molar-refractivity contribution < 1.29 is 9.59 Å². The van der Waals surface area contributed by atoms with Crippen molar-refractivity contribution in [3.8, 4) is 0 Å². The van der Waals surface area contributed by atoms with Crippen LogP contribution in [0.2, 0.25) is 0 Å². The third kappa shape index (κ3) is 2.51. The second-order valence-electron chi connectivity index (χ2n) is 9.91. The van der Waals surface area contributed by atoms with Crippen LogP contribution in [-0.2, 0) is 9.59 Å². The van der Waals surface area contributed by atoms with Gasteiger partial charge in [0.25, 0.3) is 0 Å². The summed E-state index contributed by atoms with van der Waals surface area (Å²) in [6.45, 7) is 4.62. The number of fused-ring (bicyclic) bond motifs is 5. The summed E-state index contributed by atoms with van der Waals surface area (Å²) < 4.78 is 0. The number of rotatable bonds is 1. The van der Waals surface area contributed by atoms with Gasteiger partial charge in [0, 0.05) is 24.2 Å². The third-order valence-corrected chi connectivity index (χ3v) is 8.65. The zero-order valence-corrected chi connectivity index (χ0v) is 16.9. The van der Waals surface area contributed by atoms with Crippen molar-refractivity contribution in [2.75, 3.05) is 0 Å². The van der Waals surface area contributed by atoms with Gasteiger partial charge in [0.1, 0.15) is 0 Å². The predicted octanol–water partition coefficient (Wildman–Crippen LogP) is 5.18. The second kappa shape index (κ2) is 6.23. The molecule has 3 saturated carbocycles. The van der Waals surface area contributed by atoms with Gasteiger partial charge in [-0.25, -0.2) is 0 Å². The summed E-state index contributed by atoms with van der Waals surface area (Å²) in [5, 5.41) is 0. The van der Waals surface area contributed by atoms with Crippen LogP contribution in [0.25, 0.3) is 6.08 Å². The number of aromatic nitrogens is 1. The topological polar surface area (TPSA) is 47.0 Å². The maximum absolute atomic E-state index is 13.4. The summed E-state index contributed by atoms with van der Waals surface area (Å²) in [6.07, 6.45) is 14.5. The minimum atomic E-state index is -0.206. The van der Waals surface area contributed by atoms with E-state index >= 15 is 0 Å². The maximum atomic E-state index is 13.4. The highest BCUT2D eigenvalue weighted by molar-refractivity contribution is 6.06. The number of carbonyl (C=O) groups is 2. The van der Waals surface area contributed by atoms with Gasteiger partial charge >= 0.3 is 0 Å². The first-order chi connectivity index (χ1) is 13.4. The summed E-state index contributed by atoms with van der Waals surface area (Å²) in [5.41, 5.74) is 3.43. The van der Waals surface area contributed by atoms with E-state index in [1.165, 1.54) is 5.57 Å². The Morgan fingerprint density at radius 1 is 1.00 bits per heavy atom. The van der Waals surface area contributed by atoms with E-state index in [1.807, 2.05) is 18.2 Å². The smallest absolute Gasteiger partial charge is 0.165 e. The van der Waals surface area contributed by atoms with Gasteiger partial charge in [0.15, 0.2) is 11.6 Å². The summed E-state index contributed by atoms with van der Waals surface area (Å²) in [4.78, 5) is 29.5. The van der Waals surface area contributed by atoms with Gasteiger partial charge in [0.2, 0.25) is 0 Å². The Hall–Kier alpha value is -2.03. The molecular formula is C25H29NO2. The molecule has 0 N–H and O–H groups in total. The van der Waals surface area contributed by atoms with E-state index in [1.54, 1.807) is 12.4 Å². The lowest BCUT2D eigenvalue weighted by Gasteiger charge is -2.56. The average Bonchev–Trinajstić information content (AvgIpc) is 2.94. The number of ketones is 2. The van der Waals surface area contributed by atoms with Gasteiger partial charge in [-0.05, 0) is 97.1 Å². The SMILES string of the molecule is C[C@]12CCC(=O)C=C1CC[C@@H]1[C@@H]2CC[C@]2(C)C(=O)C(=Cc3ccncc3)C[C@@H]12. The molecule has 3 nitrogen and oxygen atoms in total. The molecule has 0 amide bonds. The number of hydrogen-bond acceptors (Lipinski definition) is 3. The molecule has 0 saturated heterocycles. The maximum Gasteiger partial charge on any atom is 0.165 e. The van der Waals surface area contributed by atoms with Crippen molar-refractivity contribution in [1.29, 1.82) is 0 Å². The minimum Gasteiger partial charge on any atom is -0.295 e. The summed E-state index contributed by atoms with van der Waals surface area (Å²) in [5.74, 6) is 2.35. The molecule has 146 valence electrons. The van der Waals surface area contributed by atoms with Gasteiger partial charge in [-0.1, -0.05) is 19.4 Å². The lowest BCUT2D eigenvalue weighted by molar-refractivity contribution is -0.130. The van der Waals surface area contributed by atoms with Crippen LogP contribution in [0, 0.1) is 28.6 Å².